The molecule has 1 unspecified atom stereocenters. The topological polar surface area (TPSA) is 62.2 Å². The van der Waals surface area contributed by atoms with E-state index in [1.54, 1.807) is 11.3 Å². The Morgan fingerprint density at radius 3 is 2.95 bits per heavy atom. The van der Waals surface area contributed by atoms with Crippen LogP contribution in [0.5, 0.6) is 5.75 Å². The molecule has 1 aromatic heterocycles. The van der Waals surface area contributed by atoms with Crippen LogP contribution in [0.25, 0.3) is 0 Å². The third-order valence-electron chi connectivity index (χ3n) is 2.84. The third kappa shape index (κ3) is 3.29. The van der Waals surface area contributed by atoms with Crippen LogP contribution in [-0.2, 0) is 6.42 Å². The summed E-state index contributed by atoms with van der Waals surface area (Å²) in [7, 11) is 0. The van der Waals surface area contributed by atoms with Crippen molar-refractivity contribution in [3.63, 3.8) is 0 Å². The number of nitrogens with zero attached hydrogens (tertiary/aromatic N) is 1. The van der Waals surface area contributed by atoms with E-state index in [0.717, 1.165) is 11.4 Å². The van der Waals surface area contributed by atoms with E-state index in [4.69, 9.17) is 11.6 Å². The maximum Gasteiger partial charge on any atom is 0.255 e. The Morgan fingerprint density at radius 1 is 1.55 bits per heavy atom. The number of halogens is 1. The second-order valence-corrected chi connectivity index (χ2v) is 5.96. The molecule has 0 aliphatic rings. The van der Waals surface area contributed by atoms with Gasteiger partial charge >= 0.3 is 0 Å². The van der Waals surface area contributed by atoms with Gasteiger partial charge in [0.1, 0.15) is 10.8 Å². The Bertz CT molecular complexity index is 627. The number of hydrogen-bond donors (Lipinski definition) is 2. The summed E-state index contributed by atoms with van der Waals surface area (Å²) >= 11 is 7.41. The Morgan fingerprint density at radius 2 is 2.30 bits per heavy atom. The van der Waals surface area contributed by atoms with Crippen LogP contribution in [0.1, 0.15) is 40.1 Å². The SMILES string of the molecule is CCc1cnc(C(C)NC(=O)c2cc(Cl)ccc2O)s1. The first kappa shape index (κ1) is 14.8. The number of thiazole rings is 1. The zero-order valence-corrected chi connectivity index (χ0v) is 12.8. The lowest BCUT2D eigenvalue weighted by atomic mass is 10.2. The lowest BCUT2D eigenvalue weighted by Gasteiger charge is -2.12. The highest BCUT2D eigenvalue weighted by Crippen LogP contribution is 2.24. The first-order chi connectivity index (χ1) is 9.51. The molecule has 1 amide bonds. The van der Waals surface area contributed by atoms with Crippen LogP contribution in [0, 0.1) is 0 Å². The fourth-order valence-corrected chi connectivity index (χ4v) is 2.74. The van der Waals surface area contributed by atoms with Crippen molar-refractivity contribution in [1.82, 2.24) is 10.3 Å². The molecule has 0 spiro atoms. The highest BCUT2D eigenvalue weighted by Gasteiger charge is 2.17. The second kappa shape index (κ2) is 6.24. The Kier molecular flexibility index (Phi) is 4.62. The monoisotopic (exact) mass is 310 g/mol. The second-order valence-electron chi connectivity index (χ2n) is 4.37. The molecule has 2 rings (SSSR count). The van der Waals surface area contributed by atoms with E-state index in [9.17, 15) is 9.90 Å². The molecule has 4 nitrogen and oxygen atoms in total. The number of phenols is 1. The molecule has 0 saturated heterocycles. The molecule has 1 heterocycles. The van der Waals surface area contributed by atoms with Gasteiger partial charge in [-0.1, -0.05) is 18.5 Å². The molecule has 1 atom stereocenters. The van der Waals surface area contributed by atoms with Crippen LogP contribution >= 0.6 is 22.9 Å². The van der Waals surface area contributed by atoms with Crippen molar-refractivity contribution < 1.29 is 9.90 Å². The van der Waals surface area contributed by atoms with Gasteiger partial charge < -0.3 is 10.4 Å². The van der Waals surface area contributed by atoms with Crippen molar-refractivity contribution in [1.29, 1.82) is 0 Å². The zero-order chi connectivity index (χ0) is 14.7. The molecule has 0 fully saturated rings. The van der Waals surface area contributed by atoms with Gasteiger partial charge in [-0.3, -0.25) is 4.79 Å². The van der Waals surface area contributed by atoms with Crippen molar-refractivity contribution in [3.05, 3.63) is 44.9 Å². The number of benzene rings is 1. The van der Waals surface area contributed by atoms with E-state index >= 15 is 0 Å². The quantitative estimate of drug-likeness (QED) is 0.907. The molecule has 6 heteroatoms. The van der Waals surface area contributed by atoms with E-state index < -0.39 is 0 Å². The van der Waals surface area contributed by atoms with E-state index in [2.05, 4.69) is 17.2 Å². The summed E-state index contributed by atoms with van der Waals surface area (Å²) in [5, 5.41) is 13.8. The highest BCUT2D eigenvalue weighted by atomic mass is 35.5. The summed E-state index contributed by atoms with van der Waals surface area (Å²) in [6, 6.07) is 4.16. The van der Waals surface area contributed by atoms with Crippen LogP contribution in [0.15, 0.2) is 24.4 Å². The van der Waals surface area contributed by atoms with Gasteiger partial charge in [0.25, 0.3) is 5.91 Å². The minimum atomic E-state index is -0.370. The molecule has 0 aliphatic heterocycles. The molecular weight excluding hydrogens is 296 g/mol. The molecule has 0 bridgehead atoms. The minimum Gasteiger partial charge on any atom is -0.507 e. The number of carbonyl (C=O) groups excluding carboxylic acids is 1. The number of amides is 1. The van der Waals surface area contributed by atoms with Crippen molar-refractivity contribution in [2.24, 2.45) is 0 Å². The van der Waals surface area contributed by atoms with E-state index in [0.29, 0.717) is 5.02 Å². The third-order valence-corrected chi connectivity index (χ3v) is 4.40. The van der Waals surface area contributed by atoms with Crippen LogP contribution in [-0.4, -0.2) is 16.0 Å². The maximum atomic E-state index is 12.1. The van der Waals surface area contributed by atoms with E-state index in [1.165, 1.54) is 23.1 Å². The summed E-state index contributed by atoms with van der Waals surface area (Å²) in [4.78, 5) is 17.6. The lowest BCUT2D eigenvalue weighted by molar-refractivity contribution is 0.0937. The molecule has 20 heavy (non-hydrogen) atoms. The Hall–Kier alpha value is -1.59. The number of carbonyl (C=O) groups is 1. The average molecular weight is 311 g/mol. The lowest BCUT2D eigenvalue weighted by Crippen LogP contribution is -2.26. The van der Waals surface area contributed by atoms with E-state index in [-0.39, 0.29) is 23.3 Å². The molecule has 106 valence electrons. The Labute approximate surface area is 126 Å². The van der Waals surface area contributed by atoms with Crippen molar-refractivity contribution in [2.45, 2.75) is 26.3 Å². The average Bonchev–Trinajstić information content (AvgIpc) is 2.90. The molecule has 0 saturated carbocycles. The van der Waals surface area contributed by atoms with Crippen molar-refractivity contribution in [3.8, 4) is 5.75 Å². The van der Waals surface area contributed by atoms with E-state index in [1.807, 2.05) is 13.1 Å². The summed E-state index contributed by atoms with van der Waals surface area (Å²) in [5.41, 5.74) is 0.164. The molecule has 2 N–H and O–H groups in total. The molecule has 2 aromatic rings. The number of nitrogens with one attached hydrogen (secondary N) is 1. The summed E-state index contributed by atoms with van der Waals surface area (Å²) in [5.74, 6) is -0.460. The number of hydrogen-bond acceptors (Lipinski definition) is 4. The van der Waals surface area contributed by atoms with Crippen LogP contribution in [0.2, 0.25) is 5.02 Å². The van der Waals surface area contributed by atoms with Crippen molar-refractivity contribution >= 4 is 28.8 Å². The normalized spacial score (nSPS) is 12.2. The fourth-order valence-electron chi connectivity index (χ4n) is 1.71. The number of aryl methyl sites for hydroxylation is 1. The van der Waals surface area contributed by atoms with Gasteiger partial charge in [0.15, 0.2) is 0 Å². The highest BCUT2D eigenvalue weighted by molar-refractivity contribution is 7.11. The predicted octanol–water partition coefficient (Wildman–Crippen LogP) is 3.56. The van der Waals surface area contributed by atoms with Crippen LogP contribution in [0.4, 0.5) is 0 Å². The summed E-state index contributed by atoms with van der Waals surface area (Å²) < 4.78 is 0. The van der Waals surface area contributed by atoms with Gasteiger partial charge in [-0.2, -0.15) is 0 Å². The molecule has 0 radical (unpaired) electrons. The van der Waals surface area contributed by atoms with Gasteiger partial charge in [0.2, 0.25) is 0 Å². The number of phenolic OH excluding ortho intramolecular Hbond substituents is 1. The molecule has 1 aromatic carbocycles. The first-order valence-corrected chi connectivity index (χ1v) is 7.44. The summed E-state index contributed by atoms with van der Waals surface area (Å²) in [6.45, 7) is 3.92. The van der Waals surface area contributed by atoms with Gasteiger partial charge in [-0.05, 0) is 31.5 Å². The van der Waals surface area contributed by atoms with Gasteiger partial charge in [-0.25, -0.2) is 4.98 Å². The molecular formula is C14H15ClN2O2S. The van der Waals surface area contributed by atoms with Gasteiger partial charge in [0, 0.05) is 16.1 Å². The predicted molar refractivity (Wildman–Crippen MR) is 80.5 cm³/mol. The first-order valence-electron chi connectivity index (χ1n) is 6.25. The maximum absolute atomic E-state index is 12.1. The molecule has 0 aliphatic carbocycles. The number of aromatic nitrogens is 1. The van der Waals surface area contributed by atoms with Gasteiger partial charge in [-0.15, -0.1) is 11.3 Å². The largest absolute Gasteiger partial charge is 0.507 e. The minimum absolute atomic E-state index is 0.0903. The van der Waals surface area contributed by atoms with Crippen LogP contribution < -0.4 is 5.32 Å². The fraction of sp³-hybridized carbons (Fsp3) is 0.286. The van der Waals surface area contributed by atoms with Crippen molar-refractivity contribution in [2.75, 3.05) is 0 Å². The van der Waals surface area contributed by atoms with Crippen LogP contribution in [0.3, 0.4) is 0 Å². The smallest absolute Gasteiger partial charge is 0.255 e. The summed E-state index contributed by atoms with van der Waals surface area (Å²) in [6.07, 6.45) is 2.74. The number of rotatable bonds is 4. The standard InChI is InChI=1S/C14H15ClN2O2S/c1-3-10-7-16-14(20-10)8(2)17-13(19)11-6-9(15)4-5-12(11)18/h4-8,18H,3H2,1-2H3,(H,17,19). The number of aromatic hydroxyl groups is 1. The van der Waals surface area contributed by atoms with Gasteiger partial charge in [0.05, 0.1) is 11.6 Å². The Balaban J connectivity index is 2.12. The zero-order valence-electron chi connectivity index (χ0n) is 11.2.